The second kappa shape index (κ2) is 5.97. The van der Waals surface area contributed by atoms with Gasteiger partial charge in [0.05, 0.1) is 0 Å². The second-order valence-corrected chi connectivity index (χ2v) is 4.99. The molecule has 1 rings (SSSR count). The summed E-state index contributed by atoms with van der Waals surface area (Å²) in [4.78, 5) is 0.997. The maximum atomic E-state index is 9.50. The average Bonchev–Trinajstić information content (AvgIpc) is 2.15. The number of aromatic hydroxyl groups is 1. The van der Waals surface area contributed by atoms with Gasteiger partial charge in [0.25, 0.3) is 0 Å². The van der Waals surface area contributed by atoms with Crippen molar-refractivity contribution in [2.45, 2.75) is 31.6 Å². The Bertz CT molecular complexity index is 271. The molecular weight excluding hydrogens is 192 g/mol. The summed E-state index contributed by atoms with van der Waals surface area (Å²) in [7, 11) is 0. The van der Waals surface area contributed by atoms with Gasteiger partial charge in [-0.25, -0.2) is 0 Å². The van der Waals surface area contributed by atoms with Crippen molar-refractivity contribution < 1.29 is 5.11 Å². The summed E-state index contributed by atoms with van der Waals surface area (Å²) < 4.78 is 0. The predicted molar refractivity (Wildman–Crippen MR) is 62.9 cm³/mol. The Kier molecular flexibility index (Phi) is 4.88. The van der Waals surface area contributed by atoms with Gasteiger partial charge >= 0.3 is 0 Å². The van der Waals surface area contributed by atoms with Crippen LogP contribution in [0, 0.1) is 5.92 Å². The second-order valence-electron chi connectivity index (χ2n) is 3.85. The highest BCUT2D eigenvalue weighted by Gasteiger charge is 2.00. The van der Waals surface area contributed by atoms with Gasteiger partial charge in [-0.3, -0.25) is 0 Å². The van der Waals surface area contributed by atoms with Crippen LogP contribution in [0.25, 0.3) is 0 Å². The molecule has 2 heteroatoms. The highest BCUT2D eigenvalue weighted by molar-refractivity contribution is 7.99. The lowest BCUT2D eigenvalue weighted by Gasteiger charge is -2.05. The van der Waals surface area contributed by atoms with Crippen molar-refractivity contribution in [2.24, 2.45) is 5.92 Å². The van der Waals surface area contributed by atoms with E-state index in [4.69, 9.17) is 0 Å². The molecule has 78 valence electrons. The summed E-state index contributed by atoms with van der Waals surface area (Å²) >= 11 is 1.74. The van der Waals surface area contributed by atoms with Gasteiger partial charge in [0.2, 0.25) is 0 Å². The first-order valence-electron chi connectivity index (χ1n) is 5.11. The van der Waals surface area contributed by atoms with Gasteiger partial charge in [0.1, 0.15) is 5.75 Å². The van der Waals surface area contributed by atoms with E-state index in [2.05, 4.69) is 13.8 Å². The topological polar surface area (TPSA) is 20.2 Å². The molecule has 0 aliphatic carbocycles. The molecule has 0 heterocycles. The molecule has 1 nitrogen and oxygen atoms in total. The van der Waals surface area contributed by atoms with E-state index in [-0.39, 0.29) is 0 Å². The zero-order chi connectivity index (χ0) is 10.4. The van der Waals surface area contributed by atoms with E-state index in [1.54, 1.807) is 17.8 Å². The van der Waals surface area contributed by atoms with Gasteiger partial charge in [-0.15, -0.1) is 11.8 Å². The molecule has 0 atom stereocenters. The Morgan fingerprint density at radius 2 is 2.00 bits per heavy atom. The summed E-state index contributed by atoms with van der Waals surface area (Å²) in [5.74, 6) is 2.28. The molecular formula is C12H18OS. The molecule has 0 radical (unpaired) electrons. The lowest BCUT2D eigenvalue weighted by molar-refractivity contribution is 0.462. The lowest BCUT2D eigenvalue weighted by Crippen LogP contribution is -1.88. The SMILES string of the molecule is CC(C)CCCSc1ccccc1O. The number of hydrogen-bond donors (Lipinski definition) is 1. The largest absolute Gasteiger partial charge is 0.507 e. The molecule has 0 aliphatic rings. The number of phenolic OH excluding ortho intramolecular Hbond substituents is 1. The van der Waals surface area contributed by atoms with E-state index in [0.717, 1.165) is 16.6 Å². The molecule has 1 aromatic rings. The Balaban J connectivity index is 2.28. The van der Waals surface area contributed by atoms with Crippen LogP contribution < -0.4 is 0 Å². The monoisotopic (exact) mass is 210 g/mol. The molecule has 0 saturated carbocycles. The minimum atomic E-state index is 0.405. The Hall–Kier alpha value is -0.630. The van der Waals surface area contributed by atoms with Gasteiger partial charge in [-0.1, -0.05) is 32.4 Å². The third-order valence-corrected chi connectivity index (χ3v) is 3.20. The first-order valence-corrected chi connectivity index (χ1v) is 6.09. The molecule has 0 saturated heterocycles. The summed E-state index contributed by atoms with van der Waals surface area (Å²) in [6, 6.07) is 7.53. The Morgan fingerprint density at radius 1 is 1.29 bits per heavy atom. The van der Waals surface area contributed by atoms with E-state index in [1.165, 1.54) is 12.8 Å². The first-order chi connectivity index (χ1) is 6.70. The number of rotatable bonds is 5. The van der Waals surface area contributed by atoms with Crippen molar-refractivity contribution in [3.63, 3.8) is 0 Å². The molecule has 0 amide bonds. The zero-order valence-electron chi connectivity index (χ0n) is 8.86. The van der Waals surface area contributed by atoms with Crippen LogP contribution in [0.1, 0.15) is 26.7 Å². The van der Waals surface area contributed by atoms with Crippen LogP contribution in [0.3, 0.4) is 0 Å². The van der Waals surface area contributed by atoms with Gasteiger partial charge in [0, 0.05) is 4.90 Å². The highest BCUT2D eigenvalue weighted by atomic mass is 32.2. The normalized spacial score (nSPS) is 10.8. The minimum absolute atomic E-state index is 0.405. The van der Waals surface area contributed by atoms with Gasteiger partial charge in [-0.05, 0) is 30.2 Å². The van der Waals surface area contributed by atoms with Crippen molar-refractivity contribution in [3.8, 4) is 5.75 Å². The molecule has 0 fully saturated rings. The fraction of sp³-hybridized carbons (Fsp3) is 0.500. The van der Waals surface area contributed by atoms with Crippen LogP contribution in [0.15, 0.2) is 29.2 Å². The first kappa shape index (κ1) is 11.4. The highest BCUT2D eigenvalue weighted by Crippen LogP contribution is 2.28. The number of thioether (sulfide) groups is 1. The molecule has 0 unspecified atom stereocenters. The number of benzene rings is 1. The molecule has 0 bridgehead atoms. The third-order valence-electron chi connectivity index (χ3n) is 2.05. The van der Waals surface area contributed by atoms with Crippen molar-refractivity contribution >= 4 is 11.8 Å². The van der Waals surface area contributed by atoms with Crippen molar-refractivity contribution in [2.75, 3.05) is 5.75 Å². The minimum Gasteiger partial charge on any atom is -0.507 e. The van der Waals surface area contributed by atoms with Gasteiger partial charge in [-0.2, -0.15) is 0 Å². The van der Waals surface area contributed by atoms with Crippen LogP contribution in [-0.2, 0) is 0 Å². The summed E-state index contributed by atoms with van der Waals surface area (Å²) in [6.45, 7) is 4.48. The number of phenols is 1. The van der Waals surface area contributed by atoms with Gasteiger partial charge in [0.15, 0.2) is 0 Å². The van der Waals surface area contributed by atoms with Crippen LogP contribution in [0.4, 0.5) is 0 Å². The van der Waals surface area contributed by atoms with Crippen LogP contribution in [0.2, 0.25) is 0 Å². The lowest BCUT2D eigenvalue weighted by atomic mass is 10.1. The van der Waals surface area contributed by atoms with Crippen molar-refractivity contribution in [1.29, 1.82) is 0 Å². The van der Waals surface area contributed by atoms with E-state index in [1.807, 2.05) is 18.2 Å². The standard InChI is InChI=1S/C12H18OS/c1-10(2)6-5-9-14-12-8-4-3-7-11(12)13/h3-4,7-8,10,13H,5-6,9H2,1-2H3. The molecule has 0 aromatic heterocycles. The van der Waals surface area contributed by atoms with Gasteiger partial charge < -0.3 is 5.11 Å². The van der Waals surface area contributed by atoms with Crippen LogP contribution in [0.5, 0.6) is 5.75 Å². The fourth-order valence-electron chi connectivity index (χ4n) is 1.25. The van der Waals surface area contributed by atoms with Crippen LogP contribution in [-0.4, -0.2) is 10.9 Å². The van der Waals surface area contributed by atoms with Crippen molar-refractivity contribution in [1.82, 2.24) is 0 Å². The third kappa shape index (κ3) is 4.05. The molecule has 0 aliphatic heterocycles. The molecule has 0 spiro atoms. The summed E-state index contributed by atoms with van der Waals surface area (Å²) in [5.41, 5.74) is 0. The summed E-state index contributed by atoms with van der Waals surface area (Å²) in [5, 5.41) is 9.50. The predicted octanol–water partition coefficient (Wildman–Crippen LogP) is 3.92. The van der Waals surface area contributed by atoms with Crippen LogP contribution >= 0.6 is 11.8 Å². The number of para-hydroxylation sites is 1. The van der Waals surface area contributed by atoms with Crippen molar-refractivity contribution in [3.05, 3.63) is 24.3 Å². The smallest absolute Gasteiger partial charge is 0.129 e. The fourth-order valence-corrected chi connectivity index (χ4v) is 2.17. The van der Waals surface area contributed by atoms with E-state index < -0.39 is 0 Å². The van der Waals surface area contributed by atoms with E-state index >= 15 is 0 Å². The molecule has 14 heavy (non-hydrogen) atoms. The molecule has 1 N–H and O–H groups in total. The van der Waals surface area contributed by atoms with E-state index in [0.29, 0.717) is 5.75 Å². The zero-order valence-corrected chi connectivity index (χ0v) is 9.68. The Morgan fingerprint density at radius 3 is 2.64 bits per heavy atom. The quantitative estimate of drug-likeness (QED) is 0.587. The summed E-state index contributed by atoms with van der Waals surface area (Å²) in [6.07, 6.45) is 2.48. The number of hydrogen-bond acceptors (Lipinski definition) is 2. The molecule has 1 aromatic carbocycles. The average molecular weight is 210 g/mol. The Labute approximate surface area is 90.5 Å². The maximum Gasteiger partial charge on any atom is 0.129 e. The maximum absolute atomic E-state index is 9.50. The van der Waals surface area contributed by atoms with E-state index in [9.17, 15) is 5.11 Å².